The molecule has 0 bridgehead atoms. The molecular formula is C17H24N4O3. The molecule has 0 radical (unpaired) electrons. The van der Waals surface area contributed by atoms with Crippen LogP contribution in [0.15, 0.2) is 40.0 Å². The lowest BCUT2D eigenvalue weighted by Gasteiger charge is -2.11. The quantitative estimate of drug-likeness (QED) is 0.460. The van der Waals surface area contributed by atoms with Gasteiger partial charge >= 0.3 is 5.97 Å². The first-order valence-electron chi connectivity index (χ1n) is 7.94. The molecule has 7 heteroatoms. The van der Waals surface area contributed by atoms with Gasteiger partial charge in [-0.3, -0.25) is 0 Å². The van der Waals surface area contributed by atoms with Crippen LogP contribution in [0.4, 0.5) is 0 Å². The van der Waals surface area contributed by atoms with E-state index >= 15 is 0 Å². The van der Waals surface area contributed by atoms with E-state index in [1.807, 2.05) is 31.5 Å². The molecule has 0 aliphatic rings. The number of methoxy groups -OCH3 is 1. The SMILES string of the molecule is CCNC(=NCc1cc(C(=O)OC)c(C)o1)NCCn1cccc1. The van der Waals surface area contributed by atoms with E-state index < -0.39 is 5.97 Å². The minimum Gasteiger partial charge on any atom is -0.465 e. The fraction of sp³-hybridized carbons (Fsp3) is 0.412. The predicted molar refractivity (Wildman–Crippen MR) is 92.0 cm³/mol. The average molecular weight is 332 g/mol. The number of carbonyl (C=O) groups excluding carboxylic acids is 1. The van der Waals surface area contributed by atoms with Gasteiger partial charge in [0.05, 0.1) is 7.11 Å². The van der Waals surface area contributed by atoms with Gasteiger partial charge in [0.1, 0.15) is 23.6 Å². The van der Waals surface area contributed by atoms with Gasteiger partial charge in [0.15, 0.2) is 5.96 Å². The van der Waals surface area contributed by atoms with Crippen LogP contribution < -0.4 is 10.6 Å². The first-order chi connectivity index (χ1) is 11.6. The summed E-state index contributed by atoms with van der Waals surface area (Å²) in [6.07, 6.45) is 4.04. The number of nitrogens with one attached hydrogen (secondary N) is 2. The number of ether oxygens (including phenoxy) is 1. The van der Waals surface area contributed by atoms with Crippen LogP contribution in [-0.4, -0.2) is 36.7 Å². The smallest absolute Gasteiger partial charge is 0.341 e. The topological polar surface area (TPSA) is 80.8 Å². The number of hydrogen-bond acceptors (Lipinski definition) is 4. The Morgan fingerprint density at radius 3 is 2.75 bits per heavy atom. The molecule has 24 heavy (non-hydrogen) atoms. The molecule has 130 valence electrons. The zero-order chi connectivity index (χ0) is 17.4. The summed E-state index contributed by atoms with van der Waals surface area (Å²) >= 11 is 0. The van der Waals surface area contributed by atoms with Gasteiger partial charge in [-0.15, -0.1) is 0 Å². The van der Waals surface area contributed by atoms with Crippen LogP contribution in [0.5, 0.6) is 0 Å². The van der Waals surface area contributed by atoms with Gasteiger partial charge in [-0.1, -0.05) is 0 Å². The minimum atomic E-state index is -0.400. The highest BCUT2D eigenvalue weighted by molar-refractivity contribution is 5.90. The van der Waals surface area contributed by atoms with Crippen LogP contribution in [0, 0.1) is 6.92 Å². The lowest BCUT2D eigenvalue weighted by Crippen LogP contribution is -2.38. The van der Waals surface area contributed by atoms with E-state index in [1.165, 1.54) is 7.11 Å². The van der Waals surface area contributed by atoms with Gasteiger partial charge < -0.3 is 24.4 Å². The molecule has 2 aromatic rings. The minimum absolute atomic E-state index is 0.344. The summed E-state index contributed by atoms with van der Waals surface area (Å²) in [5, 5.41) is 6.45. The zero-order valence-electron chi connectivity index (χ0n) is 14.3. The third-order valence-corrected chi connectivity index (χ3v) is 3.44. The number of guanidine groups is 1. The molecule has 2 aromatic heterocycles. The molecule has 0 saturated carbocycles. The van der Waals surface area contributed by atoms with Crippen LogP contribution in [0.25, 0.3) is 0 Å². The van der Waals surface area contributed by atoms with Crippen LogP contribution in [0.1, 0.15) is 28.8 Å². The molecule has 7 nitrogen and oxygen atoms in total. The standard InChI is InChI=1S/C17H24N4O3/c1-4-18-17(19-7-10-21-8-5-6-9-21)20-12-14-11-15(13(2)24-14)16(22)23-3/h5-6,8-9,11H,4,7,10,12H2,1-3H3,(H2,18,19,20). The first kappa shape index (κ1) is 17.7. The number of hydrogen-bond donors (Lipinski definition) is 2. The number of aliphatic imine (C=N–C) groups is 1. The van der Waals surface area contributed by atoms with E-state index in [0.29, 0.717) is 29.6 Å². The number of nitrogens with zero attached hydrogens (tertiary/aromatic N) is 2. The molecule has 0 saturated heterocycles. The van der Waals surface area contributed by atoms with Gasteiger partial charge in [0.2, 0.25) is 0 Å². The predicted octanol–water partition coefficient (Wildman–Crippen LogP) is 1.93. The maximum Gasteiger partial charge on any atom is 0.341 e. The van der Waals surface area contributed by atoms with Crippen molar-refractivity contribution in [1.82, 2.24) is 15.2 Å². The molecule has 0 spiro atoms. The molecule has 2 heterocycles. The van der Waals surface area contributed by atoms with E-state index in [2.05, 4.69) is 20.2 Å². The van der Waals surface area contributed by atoms with Gasteiger partial charge in [-0.05, 0) is 32.0 Å². The van der Waals surface area contributed by atoms with Crippen LogP contribution in [0.3, 0.4) is 0 Å². The normalized spacial score (nSPS) is 11.4. The highest BCUT2D eigenvalue weighted by Crippen LogP contribution is 2.16. The molecule has 0 aromatic carbocycles. The summed E-state index contributed by atoms with van der Waals surface area (Å²) in [6.45, 7) is 6.46. The first-order valence-corrected chi connectivity index (χ1v) is 7.94. The average Bonchev–Trinajstić information content (AvgIpc) is 3.21. The Kier molecular flexibility index (Phi) is 6.48. The molecule has 0 atom stereocenters. The Hall–Kier alpha value is -2.70. The van der Waals surface area contributed by atoms with Crippen molar-refractivity contribution in [2.45, 2.75) is 26.9 Å². The number of aromatic nitrogens is 1. The van der Waals surface area contributed by atoms with E-state index in [0.717, 1.165) is 19.6 Å². The Balaban J connectivity index is 1.93. The zero-order valence-corrected chi connectivity index (χ0v) is 14.3. The summed E-state index contributed by atoms with van der Waals surface area (Å²) in [7, 11) is 1.35. The molecule has 0 aliphatic carbocycles. The fourth-order valence-corrected chi connectivity index (χ4v) is 2.26. The highest BCUT2D eigenvalue weighted by atomic mass is 16.5. The monoisotopic (exact) mass is 332 g/mol. The fourth-order valence-electron chi connectivity index (χ4n) is 2.26. The second-order valence-corrected chi connectivity index (χ2v) is 5.22. The van der Waals surface area contributed by atoms with Gasteiger partial charge in [-0.2, -0.15) is 0 Å². The van der Waals surface area contributed by atoms with Gasteiger partial charge in [0.25, 0.3) is 0 Å². The number of carbonyl (C=O) groups is 1. The summed E-state index contributed by atoms with van der Waals surface area (Å²) in [4.78, 5) is 16.1. The third-order valence-electron chi connectivity index (χ3n) is 3.44. The van der Waals surface area contributed by atoms with E-state index in [1.54, 1.807) is 13.0 Å². The van der Waals surface area contributed by atoms with E-state index in [9.17, 15) is 4.79 Å². The van der Waals surface area contributed by atoms with Crippen molar-refractivity contribution in [3.63, 3.8) is 0 Å². The molecule has 0 fully saturated rings. The van der Waals surface area contributed by atoms with E-state index in [-0.39, 0.29) is 0 Å². The van der Waals surface area contributed by atoms with Crippen molar-refractivity contribution in [2.24, 2.45) is 4.99 Å². The Labute approximate surface area is 141 Å². The van der Waals surface area contributed by atoms with Gasteiger partial charge in [-0.25, -0.2) is 9.79 Å². The maximum absolute atomic E-state index is 11.6. The Morgan fingerprint density at radius 1 is 1.33 bits per heavy atom. The summed E-state index contributed by atoms with van der Waals surface area (Å²) in [5.41, 5.74) is 0.438. The highest BCUT2D eigenvalue weighted by Gasteiger charge is 2.15. The Bertz CT molecular complexity index is 674. The summed E-state index contributed by atoms with van der Waals surface area (Å²) in [5.74, 6) is 1.47. The largest absolute Gasteiger partial charge is 0.465 e. The van der Waals surface area contributed by atoms with Crippen molar-refractivity contribution in [3.8, 4) is 0 Å². The Morgan fingerprint density at radius 2 is 2.08 bits per heavy atom. The van der Waals surface area contributed by atoms with Crippen molar-refractivity contribution in [1.29, 1.82) is 0 Å². The maximum atomic E-state index is 11.6. The van der Waals surface area contributed by atoms with Crippen molar-refractivity contribution in [3.05, 3.63) is 47.7 Å². The lowest BCUT2D eigenvalue weighted by molar-refractivity contribution is 0.0599. The van der Waals surface area contributed by atoms with E-state index in [4.69, 9.17) is 9.15 Å². The van der Waals surface area contributed by atoms with Crippen molar-refractivity contribution < 1.29 is 13.9 Å². The third kappa shape index (κ3) is 4.91. The number of rotatable bonds is 7. The lowest BCUT2D eigenvalue weighted by atomic mass is 10.2. The molecule has 0 unspecified atom stereocenters. The molecule has 2 N–H and O–H groups in total. The molecular weight excluding hydrogens is 308 g/mol. The van der Waals surface area contributed by atoms with Gasteiger partial charge in [0, 0.05) is 32.0 Å². The molecule has 0 amide bonds. The summed E-state index contributed by atoms with van der Waals surface area (Å²) in [6, 6.07) is 5.67. The number of esters is 1. The summed E-state index contributed by atoms with van der Waals surface area (Å²) < 4.78 is 12.4. The number of aryl methyl sites for hydroxylation is 1. The molecule has 0 aliphatic heterocycles. The second kappa shape index (κ2) is 8.81. The van der Waals surface area contributed by atoms with Crippen LogP contribution >= 0.6 is 0 Å². The van der Waals surface area contributed by atoms with Crippen LogP contribution in [0.2, 0.25) is 0 Å². The second-order valence-electron chi connectivity index (χ2n) is 5.22. The number of furan rings is 1. The van der Waals surface area contributed by atoms with Crippen molar-refractivity contribution in [2.75, 3.05) is 20.2 Å². The molecule has 2 rings (SSSR count). The van der Waals surface area contributed by atoms with Crippen LogP contribution in [-0.2, 0) is 17.8 Å². The van der Waals surface area contributed by atoms with Crippen molar-refractivity contribution >= 4 is 11.9 Å².